The van der Waals surface area contributed by atoms with Gasteiger partial charge in [-0.15, -0.1) is 0 Å². The summed E-state index contributed by atoms with van der Waals surface area (Å²) < 4.78 is 39.8. The number of benzene rings is 1. The molecule has 0 aliphatic carbocycles. The van der Waals surface area contributed by atoms with E-state index in [4.69, 9.17) is 0 Å². The highest BCUT2D eigenvalue weighted by molar-refractivity contribution is 9.10. The Morgan fingerprint density at radius 2 is 1.82 bits per heavy atom. The number of aliphatic hydroxyl groups is 1. The van der Waals surface area contributed by atoms with Crippen molar-refractivity contribution in [3.05, 3.63) is 39.1 Å². The molecular formula is C14H13BrF3NO3. The van der Waals surface area contributed by atoms with Crippen LogP contribution < -0.4 is 0 Å². The van der Waals surface area contributed by atoms with Gasteiger partial charge in [0.05, 0.1) is 15.7 Å². The maximum Gasteiger partial charge on any atom is 0.341 e. The number of aliphatic carboxylic acids is 1. The molecular weight excluding hydrogens is 367 g/mol. The van der Waals surface area contributed by atoms with Crippen molar-refractivity contribution in [2.24, 2.45) is 4.99 Å². The molecule has 8 heteroatoms. The van der Waals surface area contributed by atoms with Gasteiger partial charge in [-0.1, -0.05) is 6.92 Å². The lowest BCUT2D eigenvalue weighted by molar-refractivity contribution is -0.132. The molecule has 4 nitrogen and oxygen atoms in total. The van der Waals surface area contributed by atoms with Crippen LogP contribution in [0, 0.1) is 17.5 Å². The van der Waals surface area contributed by atoms with Crippen LogP contribution in [0.3, 0.4) is 0 Å². The first-order valence-electron chi connectivity index (χ1n) is 6.29. The molecule has 0 aliphatic rings. The monoisotopic (exact) mass is 379 g/mol. The molecule has 1 aromatic carbocycles. The van der Waals surface area contributed by atoms with Gasteiger partial charge < -0.3 is 10.2 Å². The Hall–Kier alpha value is -1.83. The second kappa shape index (κ2) is 7.44. The summed E-state index contributed by atoms with van der Waals surface area (Å²) in [6, 6.07) is 0.396. The second-order valence-corrected chi connectivity index (χ2v) is 4.94. The third-order valence-corrected chi connectivity index (χ3v) is 3.48. The lowest BCUT2D eigenvalue weighted by Crippen LogP contribution is -2.15. The van der Waals surface area contributed by atoms with Crippen molar-refractivity contribution < 1.29 is 28.2 Å². The molecule has 0 spiro atoms. The Kier molecular flexibility index (Phi) is 6.16. The van der Waals surface area contributed by atoms with Crippen LogP contribution in [0.4, 0.5) is 13.2 Å². The number of carbonyl (C=O) groups is 1. The molecule has 1 aromatic rings. The molecule has 0 amide bonds. The van der Waals surface area contributed by atoms with Gasteiger partial charge >= 0.3 is 5.97 Å². The lowest BCUT2D eigenvalue weighted by Gasteiger charge is -2.11. The fraction of sp³-hybridized carbons (Fsp3) is 0.286. The number of rotatable bonds is 5. The average molecular weight is 380 g/mol. The first-order valence-corrected chi connectivity index (χ1v) is 7.09. The van der Waals surface area contributed by atoms with Crippen molar-refractivity contribution >= 4 is 33.4 Å². The summed E-state index contributed by atoms with van der Waals surface area (Å²) in [5.74, 6) is -6.76. The average Bonchev–Trinajstić information content (AvgIpc) is 2.47. The van der Waals surface area contributed by atoms with E-state index in [1.54, 1.807) is 13.8 Å². The fourth-order valence-corrected chi connectivity index (χ4v) is 2.20. The molecule has 0 fully saturated rings. The summed E-state index contributed by atoms with van der Waals surface area (Å²) in [6.07, 6.45) is 0.159. The Labute approximate surface area is 133 Å². The number of halogens is 4. The molecule has 120 valence electrons. The Morgan fingerprint density at radius 3 is 2.27 bits per heavy atom. The highest BCUT2D eigenvalue weighted by Gasteiger charge is 2.25. The molecule has 2 N–H and O–H groups in total. The van der Waals surface area contributed by atoms with Gasteiger partial charge in [-0.2, -0.15) is 0 Å². The third-order valence-electron chi connectivity index (χ3n) is 2.78. The minimum atomic E-state index is -1.55. The van der Waals surface area contributed by atoms with Gasteiger partial charge in [-0.25, -0.2) is 18.0 Å². The number of hydrogen-bond donors (Lipinski definition) is 2. The molecule has 0 atom stereocenters. The van der Waals surface area contributed by atoms with Gasteiger partial charge in [0.1, 0.15) is 11.3 Å². The standard InChI is InChI=1S/C14H13BrF3NO3/c1-3-8(19-4-2)9(14(21)22)13(20)6-5-7(16)12(18)10(15)11(6)17/h5,20H,3-4H2,1-2H3,(H,21,22). The predicted octanol–water partition coefficient (Wildman–Crippen LogP) is 4.09. The van der Waals surface area contributed by atoms with Crippen molar-refractivity contribution in [2.75, 3.05) is 6.54 Å². The van der Waals surface area contributed by atoms with E-state index in [9.17, 15) is 28.2 Å². The number of aliphatic hydroxyl groups excluding tert-OH is 1. The molecule has 0 unspecified atom stereocenters. The van der Waals surface area contributed by atoms with Gasteiger partial charge in [0.25, 0.3) is 0 Å². The van der Waals surface area contributed by atoms with E-state index < -0.39 is 44.8 Å². The zero-order valence-electron chi connectivity index (χ0n) is 11.8. The van der Waals surface area contributed by atoms with Gasteiger partial charge in [0, 0.05) is 6.54 Å². The van der Waals surface area contributed by atoms with Gasteiger partial charge in [0.15, 0.2) is 17.5 Å². The number of hydrogen-bond acceptors (Lipinski definition) is 3. The van der Waals surface area contributed by atoms with Crippen LogP contribution in [0.15, 0.2) is 21.1 Å². The summed E-state index contributed by atoms with van der Waals surface area (Å²) in [7, 11) is 0. The summed E-state index contributed by atoms with van der Waals surface area (Å²) in [6.45, 7) is 3.50. The smallest absolute Gasteiger partial charge is 0.341 e. The van der Waals surface area contributed by atoms with Crippen molar-refractivity contribution in [1.82, 2.24) is 0 Å². The zero-order valence-corrected chi connectivity index (χ0v) is 13.3. The minimum absolute atomic E-state index is 0.0211. The van der Waals surface area contributed by atoms with Crippen molar-refractivity contribution in [1.29, 1.82) is 0 Å². The van der Waals surface area contributed by atoms with E-state index >= 15 is 0 Å². The number of aliphatic imine (C=N–C) groups is 1. The molecule has 0 aromatic heterocycles. The van der Waals surface area contributed by atoms with Crippen LogP contribution in [0.25, 0.3) is 5.76 Å². The van der Waals surface area contributed by atoms with Gasteiger partial charge in [0.2, 0.25) is 0 Å². The largest absolute Gasteiger partial charge is 0.506 e. The SMILES string of the molecule is CCN=C(CC)C(C(=O)O)=C(O)c1cc(F)c(F)c(Br)c1F. The van der Waals surface area contributed by atoms with E-state index in [2.05, 4.69) is 20.9 Å². The van der Waals surface area contributed by atoms with Crippen LogP contribution in [0.1, 0.15) is 25.8 Å². The number of nitrogens with zero attached hydrogens (tertiary/aromatic N) is 1. The van der Waals surface area contributed by atoms with E-state index in [1.165, 1.54) is 0 Å². The first kappa shape index (κ1) is 18.2. The Morgan fingerprint density at radius 1 is 1.23 bits per heavy atom. The Balaban J connectivity index is 3.70. The van der Waals surface area contributed by atoms with Crippen LogP contribution >= 0.6 is 15.9 Å². The topological polar surface area (TPSA) is 69.9 Å². The van der Waals surface area contributed by atoms with E-state index in [-0.39, 0.29) is 18.7 Å². The molecule has 0 saturated heterocycles. The highest BCUT2D eigenvalue weighted by atomic mass is 79.9. The maximum atomic E-state index is 14.0. The number of carboxylic acid groups (broad SMARTS) is 1. The van der Waals surface area contributed by atoms with Crippen LogP contribution in [0.2, 0.25) is 0 Å². The van der Waals surface area contributed by atoms with Gasteiger partial charge in [-0.05, 0) is 35.3 Å². The second-order valence-electron chi connectivity index (χ2n) is 4.15. The highest BCUT2D eigenvalue weighted by Crippen LogP contribution is 2.30. The summed E-state index contributed by atoms with van der Waals surface area (Å²) >= 11 is 2.52. The molecule has 0 radical (unpaired) electrons. The fourth-order valence-electron chi connectivity index (χ4n) is 1.80. The van der Waals surface area contributed by atoms with E-state index in [0.29, 0.717) is 6.07 Å². The summed E-state index contributed by atoms with van der Waals surface area (Å²) in [5.41, 5.74) is -1.39. The maximum absolute atomic E-state index is 14.0. The Bertz CT molecular complexity index is 672. The predicted molar refractivity (Wildman–Crippen MR) is 79.5 cm³/mol. The summed E-state index contributed by atoms with van der Waals surface area (Å²) in [5, 5.41) is 19.3. The molecule has 0 aliphatic heterocycles. The van der Waals surface area contributed by atoms with E-state index in [1.807, 2.05) is 0 Å². The summed E-state index contributed by atoms with van der Waals surface area (Å²) in [4.78, 5) is 15.3. The third kappa shape index (κ3) is 3.49. The van der Waals surface area contributed by atoms with Crippen LogP contribution in [0.5, 0.6) is 0 Å². The van der Waals surface area contributed by atoms with Crippen LogP contribution in [-0.4, -0.2) is 28.4 Å². The zero-order chi connectivity index (χ0) is 17.0. The normalized spacial score (nSPS) is 13.1. The molecule has 1 rings (SSSR count). The first-order chi connectivity index (χ1) is 10.3. The molecule has 22 heavy (non-hydrogen) atoms. The van der Waals surface area contributed by atoms with Crippen molar-refractivity contribution in [2.45, 2.75) is 20.3 Å². The van der Waals surface area contributed by atoms with Crippen molar-refractivity contribution in [3.8, 4) is 0 Å². The van der Waals surface area contributed by atoms with Gasteiger partial charge in [-0.3, -0.25) is 4.99 Å². The molecule has 0 saturated carbocycles. The quantitative estimate of drug-likeness (QED) is 0.266. The number of carboxylic acids is 1. The van der Waals surface area contributed by atoms with Crippen molar-refractivity contribution in [3.63, 3.8) is 0 Å². The van der Waals surface area contributed by atoms with E-state index in [0.717, 1.165) is 0 Å². The molecule has 0 bridgehead atoms. The van der Waals surface area contributed by atoms with Crippen LogP contribution in [-0.2, 0) is 4.79 Å². The minimum Gasteiger partial charge on any atom is -0.506 e. The molecule has 0 heterocycles. The lowest BCUT2D eigenvalue weighted by atomic mass is 10.0.